The number of methoxy groups -OCH3 is 1. The molecule has 0 spiro atoms. The van der Waals surface area contributed by atoms with Crippen LogP contribution in [0.15, 0.2) is 57.7 Å². The van der Waals surface area contributed by atoms with Crippen molar-refractivity contribution in [2.24, 2.45) is 0 Å². The number of fused-ring (bicyclic) bond motifs is 1. The maximum atomic E-state index is 12.0. The first-order chi connectivity index (χ1) is 12.5. The van der Waals surface area contributed by atoms with E-state index in [0.29, 0.717) is 17.9 Å². The van der Waals surface area contributed by atoms with Crippen LogP contribution < -0.4 is 20.4 Å². The zero-order valence-corrected chi connectivity index (χ0v) is 14.6. The van der Waals surface area contributed by atoms with Gasteiger partial charge in [-0.1, -0.05) is 12.1 Å². The second-order valence-corrected chi connectivity index (χ2v) is 5.82. The van der Waals surface area contributed by atoms with Crippen molar-refractivity contribution in [3.8, 4) is 11.5 Å². The highest BCUT2D eigenvalue weighted by molar-refractivity contribution is 5.81. The molecule has 2 aromatic carbocycles. The van der Waals surface area contributed by atoms with Gasteiger partial charge in [-0.15, -0.1) is 0 Å². The van der Waals surface area contributed by atoms with E-state index in [-0.39, 0.29) is 12.5 Å². The van der Waals surface area contributed by atoms with Crippen LogP contribution in [0.1, 0.15) is 11.1 Å². The number of aryl methyl sites for hydroxylation is 1. The van der Waals surface area contributed by atoms with Gasteiger partial charge in [0.2, 0.25) is 0 Å². The highest BCUT2D eigenvalue weighted by Crippen LogP contribution is 2.22. The van der Waals surface area contributed by atoms with Crippen LogP contribution in [0, 0.1) is 6.92 Å². The van der Waals surface area contributed by atoms with E-state index in [2.05, 4.69) is 5.32 Å². The lowest BCUT2D eigenvalue weighted by Crippen LogP contribution is -2.28. The van der Waals surface area contributed by atoms with Gasteiger partial charge in [0.1, 0.15) is 17.1 Å². The molecule has 3 rings (SSSR count). The van der Waals surface area contributed by atoms with E-state index in [1.54, 1.807) is 25.3 Å². The van der Waals surface area contributed by atoms with Gasteiger partial charge < -0.3 is 19.2 Å². The first-order valence-corrected chi connectivity index (χ1v) is 8.12. The number of ether oxygens (including phenoxy) is 2. The molecule has 0 unspecified atom stereocenters. The lowest BCUT2D eigenvalue weighted by molar-refractivity contribution is -0.123. The van der Waals surface area contributed by atoms with Crippen molar-refractivity contribution in [2.75, 3.05) is 13.7 Å². The van der Waals surface area contributed by atoms with Crippen LogP contribution in [-0.2, 0) is 11.3 Å². The summed E-state index contributed by atoms with van der Waals surface area (Å²) in [6.45, 7) is 2.09. The van der Waals surface area contributed by atoms with E-state index in [1.807, 2.05) is 31.2 Å². The highest BCUT2D eigenvalue weighted by atomic mass is 16.5. The number of carbonyl (C=O) groups is 1. The predicted octanol–water partition coefficient (Wildman–Crippen LogP) is 2.81. The third-order valence-electron chi connectivity index (χ3n) is 3.92. The molecule has 0 aliphatic heterocycles. The summed E-state index contributed by atoms with van der Waals surface area (Å²) in [5, 5.41) is 3.62. The minimum atomic E-state index is -0.414. The molecule has 0 saturated heterocycles. The fourth-order valence-corrected chi connectivity index (χ4v) is 2.58. The normalized spacial score (nSPS) is 10.5. The quantitative estimate of drug-likeness (QED) is 0.690. The Morgan fingerprint density at radius 1 is 1.12 bits per heavy atom. The lowest BCUT2D eigenvalue weighted by Gasteiger charge is -2.09. The van der Waals surface area contributed by atoms with Gasteiger partial charge in [0, 0.05) is 24.1 Å². The Kier molecular flexibility index (Phi) is 5.22. The summed E-state index contributed by atoms with van der Waals surface area (Å²) in [5.74, 6) is 0.947. The molecular formula is C20H19NO5. The Morgan fingerprint density at radius 3 is 2.77 bits per heavy atom. The van der Waals surface area contributed by atoms with Gasteiger partial charge in [-0.2, -0.15) is 0 Å². The van der Waals surface area contributed by atoms with E-state index < -0.39 is 5.63 Å². The molecule has 1 heterocycles. The summed E-state index contributed by atoms with van der Waals surface area (Å²) >= 11 is 0. The average Bonchev–Trinajstić information content (AvgIpc) is 2.64. The number of amides is 1. The number of rotatable bonds is 6. The molecule has 26 heavy (non-hydrogen) atoms. The van der Waals surface area contributed by atoms with Gasteiger partial charge in [0.25, 0.3) is 5.91 Å². The number of hydrogen-bond acceptors (Lipinski definition) is 5. The molecule has 134 valence electrons. The van der Waals surface area contributed by atoms with Gasteiger partial charge in [-0.25, -0.2) is 4.79 Å². The SMILES string of the molecule is COc1cccc(CNC(=O)COc2ccc3c(C)cc(=O)oc3c2)c1. The van der Waals surface area contributed by atoms with E-state index in [4.69, 9.17) is 13.9 Å². The maximum absolute atomic E-state index is 12.0. The Balaban J connectivity index is 1.59. The second-order valence-electron chi connectivity index (χ2n) is 5.82. The van der Waals surface area contributed by atoms with Crippen LogP contribution in [0.25, 0.3) is 11.0 Å². The Hall–Kier alpha value is -3.28. The minimum absolute atomic E-state index is 0.133. The Bertz CT molecular complexity index is 993. The summed E-state index contributed by atoms with van der Waals surface area (Å²) in [7, 11) is 1.60. The van der Waals surface area contributed by atoms with Gasteiger partial charge in [0.15, 0.2) is 6.61 Å². The van der Waals surface area contributed by atoms with E-state index in [0.717, 1.165) is 22.3 Å². The monoisotopic (exact) mass is 353 g/mol. The van der Waals surface area contributed by atoms with Crippen molar-refractivity contribution < 1.29 is 18.7 Å². The van der Waals surface area contributed by atoms with Crippen molar-refractivity contribution in [3.63, 3.8) is 0 Å². The van der Waals surface area contributed by atoms with Gasteiger partial charge in [-0.05, 0) is 42.3 Å². The first-order valence-electron chi connectivity index (χ1n) is 8.12. The molecule has 0 bridgehead atoms. The molecule has 6 nitrogen and oxygen atoms in total. The molecule has 1 N–H and O–H groups in total. The summed E-state index contributed by atoms with van der Waals surface area (Å²) in [5.41, 5.74) is 1.78. The lowest BCUT2D eigenvalue weighted by atomic mass is 10.1. The Morgan fingerprint density at radius 2 is 1.96 bits per heavy atom. The third-order valence-corrected chi connectivity index (χ3v) is 3.92. The molecule has 1 aromatic heterocycles. The van der Waals surface area contributed by atoms with Crippen LogP contribution in [0.5, 0.6) is 11.5 Å². The standard InChI is InChI=1S/C20H19NO5/c1-13-8-20(23)26-18-10-16(6-7-17(13)18)25-12-19(22)21-11-14-4-3-5-15(9-14)24-2/h3-10H,11-12H2,1-2H3,(H,21,22). The summed E-state index contributed by atoms with van der Waals surface area (Å²) in [4.78, 5) is 23.4. The van der Waals surface area contributed by atoms with Crippen LogP contribution in [0.4, 0.5) is 0 Å². The molecule has 1 amide bonds. The van der Waals surface area contributed by atoms with Gasteiger partial charge in [0.05, 0.1) is 7.11 Å². The highest BCUT2D eigenvalue weighted by Gasteiger charge is 2.07. The first kappa shape index (κ1) is 17.5. The fourth-order valence-electron chi connectivity index (χ4n) is 2.58. The van der Waals surface area contributed by atoms with Gasteiger partial charge >= 0.3 is 5.63 Å². The summed E-state index contributed by atoms with van der Waals surface area (Å²) < 4.78 is 15.8. The van der Waals surface area contributed by atoms with Crippen molar-refractivity contribution in [3.05, 3.63) is 70.1 Å². The smallest absolute Gasteiger partial charge is 0.336 e. The van der Waals surface area contributed by atoms with E-state index >= 15 is 0 Å². The summed E-state index contributed by atoms with van der Waals surface area (Å²) in [6, 6.07) is 14.1. The average molecular weight is 353 g/mol. The topological polar surface area (TPSA) is 77.8 Å². The third kappa shape index (κ3) is 4.22. The molecule has 0 atom stereocenters. The van der Waals surface area contributed by atoms with Crippen LogP contribution in [-0.4, -0.2) is 19.6 Å². The fraction of sp³-hybridized carbons (Fsp3) is 0.200. The largest absolute Gasteiger partial charge is 0.497 e. The molecular weight excluding hydrogens is 334 g/mol. The minimum Gasteiger partial charge on any atom is -0.497 e. The van der Waals surface area contributed by atoms with Crippen LogP contribution in [0.3, 0.4) is 0 Å². The van der Waals surface area contributed by atoms with Crippen molar-refractivity contribution >= 4 is 16.9 Å². The van der Waals surface area contributed by atoms with E-state index in [1.165, 1.54) is 6.07 Å². The number of carbonyl (C=O) groups excluding carboxylic acids is 1. The van der Waals surface area contributed by atoms with Crippen molar-refractivity contribution in [2.45, 2.75) is 13.5 Å². The molecule has 3 aromatic rings. The number of nitrogens with one attached hydrogen (secondary N) is 1. The van der Waals surface area contributed by atoms with Crippen LogP contribution in [0.2, 0.25) is 0 Å². The Labute approximate surface area is 150 Å². The second kappa shape index (κ2) is 7.74. The molecule has 0 saturated carbocycles. The van der Waals surface area contributed by atoms with Gasteiger partial charge in [-0.3, -0.25) is 4.79 Å². The van der Waals surface area contributed by atoms with Crippen molar-refractivity contribution in [1.29, 1.82) is 0 Å². The number of hydrogen-bond donors (Lipinski definition) is 1. The van der Waals surface area contributed by atoms with Crippen LogP contribution >= 0.6 is 0 Å². The van der Waals surface area contributed by atoms with Crippen molar-refractivity contribution in [1.82, 2.24) is 5.32 Å². The predicted molar refractivity (Wildman–Crippen MR) is 97.6 cm³/mol. The zero-order valence-electron chi connectivity index (χ0n) is 14.6. The van der Waals surface area contributed by atoms with E-state index in [9.17, 15) is 9.59 Å². The molecule has 0 aliphatic carbocycles. The molecule has 0 radical (unpaired) electrons. The zero-order chi connectivity index (χ0) is 18.5. The molecule has 0 aliphatic rings. The molecule has 6 heteroatoms. The maximum Gasteiger partial charge on any atom is 0.336 e. The molecule has 0 fully saturated rings. The summed E-state index contributed by atoms with van der Waals surface area (Å²) in [6.07, 6.45) is 0. The number of benzene rings is 2.